The van der Waals surface area contributed by atoms with E-state index in [1.165, 1.54) is 6.07 Å². The lowest BCUT2D eigenvalue weighted by Crippen LogP contribution is -2.45. The van der Waals surface area contributed by atoms with Gasteiger partial charge in [-0.05, 0) is 31.9 Å². The van der Waals surface area contributed by atoms with Crippen LogP contribution < -0.4 is 4.90 Å². The Balaban J connectivity index is 2.15. The summed E-state index contributed by atoms with van der Waals surface area (Å²) in [6, 6.07) is 4.20. The second-order valence-electron chi connectivity index (χ2n) is 4.99. The summed E-state index contributed by atoms with van der Waals surface area (Å²) in [5.41, 5.74) is -0.104. The summed E-state index contributed by atoms with van der Waals surface area (Å²) in [5, 5.41) is 8.89. The summed E-state index contributed by atoms with van der Waals surface area (Å²) in [6.07, 6.45) is -4.16. The molecule has 2 heterocycles. The number of nitrogens with zero attached hydrogens (tertiary/aromatic N) is 2. The van der Waals surface area contributed by atoms with E-state index < -0.39 is 18.1 Å². The van der Waals surface area contributed by atoms with Crippen LogP contribution in [-0.2, 0) is 0 Å². The number of aromatic nitrogens is 1. The molecule has 0 bridgehead atoms. The molecule has 1 N–H and O–H groups in total. The summed E-state index contributed by atoms with van der Waals surface area (Å²) in [6.45, 7) is 1.93. The maximum atomic E-state index is 12.7. The van der Waals surface area contributed by atoms with E-state index in [4.69, 9.17) is 5.11 Å². The number of aromatic carboxylic acids is 1. The van der Waals surface area contributed by atoms with Gasteiger partial charge in [-0.3, -0.25) is 0 Å². The number of halogens is 3. The van der Waals surface area contributed by atoms with E-state index in [2.05, 4.69) is 4.98 Å². The lowest BCUT2D eigenvalue weighted by Gasteiger charge is -2.39. The summed E-state index contributed by atoms with van der Waals surface area (Å²) < 4.78 is 38.1. The summed E-state index contributed by atoms with van der Waals surface area (Å²) in [4.78, 5) is 16.6. The van der Waals surface area contributed by atoms with Crippen LogP contribution in [0.2, 0.25) is 0 Å². The van der Waals surface area contributed by atoms with E-state index in [1.54, 1.807) is 24.0 Å². The Morgan fingerprint density at radius 1 is 1.45 bits per heavy atom. The normalized spacial score (nSPS) is 23.7. The van der Waals surface area contributed by atoms with E-state index >= 15 is 0 Å². The molecule has 0 radical (unpaired) electrons. The van der Waals surface area contributed by atoms with Crippen molar-refractivity contribution in [3.63, 3.8) is 0 Å². The van der Waals surface area contributed by atoms with Crippen molar-refractivity contribution in [1.82, 2.24) is 4.98 Å². The first-order valence-corrected chi connectivity index (χ1v) is 6.32. The summed E-state index contributed by atoms with van der Waals surface area (Å²) >= 11 is 0. The van der Waals surface area contributed by atoms with Crippen LogP contribution in [0.3, 0.4) is 0 Å². The van der Waals surface area contributed by atoms with E-state index in [-0.39, 0.29) is 31.1 Å². The first kappa shape index (κ1) is 14.6. The van der Waals surface area contributed by atoms with Gasteiger partial charge >= 0.3 is 12.1 Å². The third-order valence-electron chi connectivity index (χ3n) is 3.59. The zero-order valence-electron chi connectivity index (χ0n) is 10.9. The molecule has 0 aromatic carbocycles. The summed E-state index contributed by atoms with van der Waals surface area (Å²) in [7, 11) is 0. The van der Waals surface area contributed by atoms with Gasteiger partial charge in [-0.2, -0.15) is 13.2 Å². The van der Waals surface area contributed by atoms with Gasteiger partial charge in [-0.15, -0.1) is 0 Å². The minimum Gasteiger partial charge on any atom is -0.477 e. The molecule has 2 unspecified atom stereocenters. The SMILES string of the molecule is CC1CC(C(F)(F)F)CCN1c1cccc(C(=O)O)n1. The molecule has 2 atom stereocenters. The highest BCUT2D eigenvalue weighted by molar-refractivity contribution is 5.85. The largest absolute Gasteiger partial charge is 0.477 e. The smallest absolute Gasteiger partial charge is 0.391 e. The molecular weight excluding hydrogens is 273 g/mol. The van der Waals surface area contributed by atoms with Gasteiger partial charge in [0.25, 0.3) is 0 Å². The quantitative estimate of drug-likeness (QED) is 0.909. The standard InChI is InChI=1S/C13H15F3N2O2/c1-8-7-9(13(14,15)16)5-6-18(8)11-4-2-3-10(17-11)12(19)20/h2-4,8-9H,5-7H2,1H3,(H,19,20). The first-order chi connectivity index (χ1) is 9.29. The number of carboxylic acid groups (broad SMARTS) is 1. The predicted octanol–water partition coefficient (Wildman–Crippen LogP) is 2.95. The number of rotatable bonds is 2. The minimum absolute atomic E-state index is 0.00246. The Bertz CT molecular complexity index is 505. The molecule has 0 aliphatic carbocycles. The maximum Gasteiger partial charge on any atom is 0.391 e. The monoisotopic (exact) mass is 288 g/mol. The molecule has 0 saturated carbocycles. The number of anilines is 1. The average molecular weight is 288 g/mol. The molecule has 0 spiro atoms. The van der Waals surface area contributed by atoms with E-state index in [0.29, 0.717) is 5.82 Å². The molecule has 1 aromatic heterocycles. The van der Waals surface area contributed by atoms with Crippen LogP contribution in [0.25, 0.3) is 0 Å². The van der Waals surface area contributed by atoms with Gasteiger partial charge in [0.1, 0.15) is 5.82 Å². The Morgan fingerprint density at radius 3 is 2.70 bits per heavy atom. The molecule has 0 amide bonds. The van der Waals surface area contributed by atoms with Crippen molar-refractivity contribution in [3.05, 3.63) is 23.9 Å². The zero-order chi connectivity index (χ0) is 14.9. The number of carbonyl (C=O) groups is 1. The number of hydrogen-bond donors (Lipinski definition) is 1. The molecular formula is C13H15F3N2O2. The van der Waals surface area contributed by atoms with Crippen LogP contribution in [-0.4, -0.2) is 34.8 Å². The van der Waals surface area contributed by atoms with Crippen molar-refractivity contribution >= 4 is 11.8 Å². The average Bonchev–Trinajstić information content (AvgIpc) is 2.37. The Morgan fingerprint density at radius 2 is 2.15 bits per heavy atom. The fraction of sp³-hybridized carbons (Fsp3) is 0.538. The maximum absolute atomic E-state index is 12.7. The fourth-order valence-corrected chi connectivity index (χ4v) is 2.51. The van der Waals surface area contributed by atoms with E-state index in [0.717, 1.165) is 0 Å². The number of pyridine rings is 1. The van der Waals surface area contributed by atoms with Crippen molar-refractivity contribution in [2.45, 2.75) is 32.0 Å². The first-order valence-electron chi connectivity index (χ1n) is 6.32. The van der Waals surface area contributed by atoms with Crippen LogP contribution in [0.4, 0.5) is 19.0 Å². The van der Waals surface area contributed by atoms with E-state index in [9.17, 15) is 18.0 Å². The van der Waals surface area contributed by atoms with Crippen LogP contribution >= 0.6 is 0 Å². The van der Waals surface area contributed by atoms with Crippen LogP contribution in [0.15, 0.2) is 18.2 Å². The number of piperidine rings is 1. The van der Waals surface area contributed by atoms with Crippen molar-refractivity contribution < 1.29 is 23.1 Å². The third-order valence-corrected chi connectivity index (χ3v) is 3.59. The lowest BCUT2D eigenvalue weighted by atomic mass is 9.91. The van der Waals surface area contributed by atoms with Gasteiger partial charge in [0, 0.05) is 12.6 Å². The molecule has 1 aromatic rings. The molecule has 1 aliphatic heterocycles. The van der Waals surface area contributed by atoms with Gasteiger partial charge in [-0.1, -0.05) is 6.07 Å². The number of hydrogen-bond acceptors (Lipinski definition) is 3. The summed E-state index contributed by atoms with van der Waals surface area (Å²) in [5.74, 6) is -2.03. The van der Waals surface area contributed by atoms with Crippen molar-refractivity contribution in [3.8, 4) is 0 Å². The highest BCUT2D eigenvalue weighted by Crippen LogP contribution is 2.37. The topological polar surface area (TPSA) is 53.4 Å². The predicted molar refractivity (Wildman–Crippen MR) is 66.8 cm³/mol. The molecule has 7 heteroatoms. The number of alkyl halides is 3. The Labute approximate surface area is 114 Å². The zero-order valence-corrected chi connectivity index (χ0v) is 10.9. The molecule has 1 saturated heterocycles. The second kappa shape index (κ2) is 5.30. The minimum atomic E-state index is -4.17. The lowest BCUT2D eigenvalue weighted by molar-refractivity contribution is -0.181. The van der Waals surface area contributed by atoms with Gasteiger partial charge in [0.15, 0.2) is 5.69 Å². The Hall–Kier alpha value is -1.79. The van der Waals surface area contributed by atoms with Crippen molar-refractivity contribution in [1.29, 1.82) is 0 Å². The van der Waals surface area contributed by atoms with Crippen LogP contribution in [0.1, 0.15) is 30.3 Å². The van der Waals surface area contributed by atoms with Crippen LogP contribution in [0, 0.1) is 5.92 Å². The third kappa shape index (κ3) is 3.02. The van der Waals surface area contributed by atoms with Crippen LogP contribution in [0.5, 0.6) is 0 Å². The fourth-order valence-electron chi connectivity index (χ4n) is 2.51. The van der Waals surface area contributed by atoms with Gasteiger partial charge < -0.3 is 10.0 Å². The molecule has 20 heavy (non-hydrogen) atoms. The highest BCUT2D eigenvalue weighted by atomic mass is 19.4. The highest BCUT2D eigenvalue weighted by Gasteiger charge is 2.43. The van der Waals surface area contributed by atoms with Gasteiger partial charge in [0.05, 0.1) is 5.92 Å². The van der Waals surface area contributed by atoms with Crippen molar-refractivity contribution in [2.24, 2.45) is 5.92 Å². The van der Waals surface area contributed by atoms with Gasteiger partial charge in [-0.25, -0.2) is 9.78 Å². The molecule has 4 nitrogen and oxygen atoms in total. The van der Waals surface area contributed by atoms with Crippen molar-refractivity contribution in [2.75, 3.05) is 11.4 Å². The molecule has 1 fully saturated rings. The second-order valence-corrected chi connectivity index (χ2v) is 4.99. The molecule has 2 rings (SSSR count). The molecule has 1 aliphatic rings. The van der Waals surface area contributed by atoms with Gasteiger partial charge in [0.2, 0.25) is 0 Å². The Kier molecular flexibility index (Phi) is 3.87. The number of carboxylic acids is 1. The van der Waals surface area contributed by atoms with E-state index in [1.807, 2.05) is 0 Å². The molecule has 110 valence electrons.